The third-order valence-electron chi connectivity index (χ3n) is 5.36. The molecule has 1 fully saturated rings. The molecule has 0 bridgehead atoms. The summed E-state index contributed by atoms with van der Waals surface area (Å²) in [6.07, 6.45) is -4.95. The van der Waals surface area contributed by atoms with Crippen LogP contribution in [0, 0.1) is 0 Å². The Hall–Kier alpha value is -2.70. The Morgan fingerprint density at radius 2 is 1.79 bits per heavy atom. The molecule has 182 valence electrons. The minimum Gasteiger partial charge on any atom is -0.493 e. The molecular weight excluding hydrogens is 465 g/mol. The highest BCUT2D eigenvalue weighted by molar-refractivity contribution is 7.92. The Morgan fingerprint density at radius 3 is 2.36 bits per heavy atom. The maximum Gasteiger partial charge on any atom is 0.419 e. The van der Waals surface area contributed by atoms with E-state index >= 15 is 0 Å². The second-order valence-electron chi connectivity index (χ2n) is 7.58. The molecule has 1 aliphatic rings. The summed E-state index contributed by atoms with van der Waals surface area (Å²) < 4.78 is 84.4. The monoisotopic (exact) mass is 490 g/mol. The summed E-state index contributed by atoms with van der Waals surface area (Å²) >= 11 is 0. The number of likely N-dealkylation sites (tertiary alicyclic amines) is 1. The van der Waals surface area contributed by atoms with Crippen LogP contribution < -0.4 is 18.9 Å². The second kappa shape index (κ2) is 9.65. The number of alkyl halides is 3. The number of methoxy groups -OCH3 is 2. The molecule has 2 atom stereocenters. The summed E-state index contributed by atoms with van der Waals surface area (Å²) in [5.74, 6) is 0.0111. The number of ether oxygens (including phenoxy) is 3. The Balaban J connectivity index is 1.90. The molecule has 2 aromatic rings. The van der Waals surface area contributed by atoms with Crippen LogP contribution in [0.25, 0.3) is 0 Å². The molecule has 0 unspecified atom stereocenters. The smallest absolute Gasteiger partial charge is 0.419 e. The average Bonchev–Trinajstić information content (AvgIpc) is 3.11. The van der Waals surface area contributed by atoms with E-state index < -0.39 is 33.6 Å². The predicted molar refractivity (Wildman–Crippen MR) is 114 cm³/mol. The van der Waals surface area contributed by atoms with Crippen LogP contribution in [0.2, 0.25) is 0 Å². The van der Waals surface area contributed by atoms with Crippen molar-refractivity contribution >= 4 is 15.7 Å². The highest BCUT2D eigenvalue weighted by Gasteiger charge is 2.37. The van der Waals surface area contributed by atoms with Crippen molar-refractivity contribution < 1.29 is 40.9 Å². The minimum absolute atomic E-state index is 0.0992. The number of nitrogens with one attached hydrogen (secondary N) is 1. The van der Waals surface area contributed by atoms with Crippen LogP contribution in [-0.2, 0) is 16.2 Å². The SMILES string of the molecule is COc1ccc(S(=O)(=O)Nc2ccc(C(F)(F)F)c(O[C@@H]3C[C@@H](CO)N(C)C3)c2)cc1OC. The van der Waals surface area contributed by atoms with Crippen molar-refractivity contribution in [2.45, 2.75) is 29.6 Å². The topological polar surface area (TPSA) is 97.3 Å². The standard InChI is InChI=1S/C21H25F3N2O6S/c1-26-11-15(9-14(26)12-27)32-19-8-13(4-6-17(19)21(22,23)24)25-33(28,29)16-5-7-18(30-2)20(10-16)31-3/h4-8,10,14-15,25,27H,9,11-12H2,1-3H3/t14-,15+/m0/s1. The predicted octanol–water partition coefficient (Wildman–Crippen LogP) is 2.97. The third-order valence-corrected chi connectivity index (χ3v) is 6.74. The molecular formula is C21H25F3N2O6S. The lowest BCUT2D eigenvalue weighted by Gasteiger charge is -2.19. The van der Waals surface area contributed by atoms with E-state index in [1.165, 1.54) is 32.4 Å². The van der Waals surface area contributed by atoms with Gasteiger partial charge in [0.15, 0.2) is 11.5 Å². The molecule has 0 spiro atoms. The van der Waals surface area contributed by atoms with Crippen LogP contribution >= 0.6 is 0 Å². The van der Waals surface area contributed by atoms with Gasteiger partial charge in [-0.1, -0.05) is 0 Å². The van der Waals surface area contributed by atoms with Crippen molar-refractivity contribution in [3.63, 3.8) is 0 Å². The molecule has 0 saturated carbocycles. The van der Waals surface area contributed by atoms with Crippen molar-refractivity contribution in [1.82, 2.24) is 4.90 Å². The Labute approximate surface area is 189 Å². The lowest BCUT2D eigenvalue weighted by molar-refractivity contribution is -0.139. The molecule has 8 nitrogen and oxygen atoms in total. The highest BCUT2D eigenvalue weighted by atomic mass is 32.2. The lowest BCUT2D eigenvalue weighted by atomic mass is 10.1. The summed E-state index contributed by atoms with van der Waals surface area (Å²) in [4.78, 5) is 1.63. The molecule has 0 amide bonds. The first-order valence-electron chi connectivity index (χ1n) is 9.92. The van der Waals surface area contributed by atoms with Gasteiger partial charge < -0.3 is 19.3 Å². The number of likely N-dealkylation sites (N-methyl/N-ethyl adjacent to an activating group) is 1. The zero-order valence-electron chi connectivity index (χ0n) is 18.2. The van der Waals surface area contributed by atoms with E-state index in [0.717, 1.165) is 18.2 Å². The molecule has 0 aromatic heterocycles. The van der Waals surface area contributed by atoms with Gasteiger partial charge >= 0.3 is 6.18 Å². The van der Waals surface area contributed by atoms with Gasteiger partial charge in [0.2, 0.25) is 0 Å². The summed E-state index contributed by atoms with van der Waals surface area (Å²) in [6, 6.07) is 6.50. The van der Waals surface area contributed by atoms with Crippen molar-refractivity contribution in [1.29, 1.82) is 0 Å². The normalized spacial score (nSPS) is 19.4. The number of hydrogen-bond acceptors (Lipinski definition) is 7. The number of aliphatic hydroxyl groups excluding tert-OH is 1. The van der Waals surface area contributed by atoms with Crippen LogP contribution in [0.1, 0.15) is 12.0 Å². The van der Waals surface area contributed by atoms with Gasteiger partial charge in [0, 0.05) is 31.1 Å². The third kappa shape index (κ3) is 5.63. The number of benzene rings is 2. The van der Waals surface area contributed by atoms with E-state index in [0.29, 0.717) is 18.7 Å². The summed E-state index contributed by atoms with van der Waals surface area (Å²) in [5.41, 5.74) is -1.12. The highest BCUT2D eigenvalue weighted by Crippen LogP contribution is 2.39. The number of nitrogens with zero attached hydrogens (tertiary/aromatic N) is 1. The molecule has 1 heterocycles. The lowest BCUT2D eigenvalue weighted by Crippen LogP contribution is -2.28. The van der Waals surface area contributed by atoms with Gasteiger partial charge in [0.1, 0.15) is 11.9 Å². The number of sulfonamides is 1. The van der Waals surface area contributed by atoms with Gasteiger partial charge in [0.05, 0.1) is 37.0 Å². The maximum absolute atomic E-state index is 13.5. The van der Waals surface area contributed by atoms with Crippen LogP contribution in [-0.4, -0.2) is 65.0 Å². The molecule has 0 radical (unpaired) electrons. The zero-order chi connectivity index (χ0) is 24.4. The van der Waals surface area contributed by atoms with E-state index in [2.05, 4.69) is 4.72 Å². The van der Waals surface area contributed by atoms with Gasteiger partial charge in [-0.2, -0.15) is 13.2 Å². The van der Waals surface area contributed by atoms with Crippen molar-refractivity contribution in [2.24, 2.45) is 0 Å². The van der Waals surface area contributed by atoms with Crippen LogP contribution in [0.5, 0.6) is 17.2 Å². The van der Waals surface area contributed by atoms with Gasteiger partial charge in [-0.15, -0.1) is 0 Å². The number of rotatable bonds is 8. The first kappa shape index (κ1) is 24.9. The van der Waals surface area contributed by atoms with Crippen LogP contribution in [0.4, 0.5) is 18.9 Å². The average molecular weight is 491 g/mol. The van der Waals surface area contributed by atoms with Crippen molar-refractivity contribution in [2.75, 3.05) is 39.1 Å². The molecule has 2 aromatic carbocycles. The van der Waals surface area contributed by atoms with E-state index in [-0.39, 0.29) is 29.0 Å². The van der Waals surface area contributed by atoms with Crippen LogP contribution in [0.15, 0.2) is 41.3 Å². The molecule has 33 heavy (non-hydrogen) atoms. The van der Waals surface area contributed by atoms with Gasteiger partial charge in [-0.25, -0.2) is 8.42 Å². The fourth-order valence-electron chi connectivity index (χ4n) is 3.62. The van der Waals surface area contributed by atoms with Crippen molar-refractivity contribution in [3.8, 4) is 17.2 Å². The maximum atomic E-state index is 13.5. The second-order valence-corrected chi connectivity index (χ2v) is 9.26. The zero-order valence-corrected chi connectivity index (χ0v) is 19.0. The van der Waals surface area contributed by atoms with Gasteiger partial charge in [-0.3, -0.25) is 9.62 Å². The molecule has 12 heteroatoms. The van der Waals surface area contributed by atoms with E-state index in [1.54, 1.807) is 11.9 Å². The molecule has 0 aliphatic carbocycles. The quantitative estimate of drug-likeness (QED) is 0.587. The van der Waals surface area contributed by atoms with Gasteiger partial charge in [0.25, 0.3) is 10.0 Å². The molecule has 3 rings (SSSR count). The fourth-order valence-corrected chi connectivity index (χ4v) is 4.69. The van der Waals surface area contributed by atoms with Gasteiger partial charge in [-0.05, 0) is 31.3 Å². The number of anilines is 1. The first-order valence-corrected chi connectivity index (χ1v) is 11.4. The minimum atomic E-state index is -4.70. The molecule has 1 saturated heterocycles. The molecule has 2 N–H and O–H groups in total. The Bertz CT molecular complexity index is 1090. The van der Waals surface area contributed by atoms with E-state index in [1.807, 2.05) is 0 Å². The Morgan fingerprint density at radius 1 is 1.09 bits per heavy atom. The number of hydrogen-bond donors (Lipinski definition) is 2. The van der Waals surface area contributed by atoms with Crippen molar-refractivity contribution in [3.05, 3.63) is 42.0 Å². The van der Waals surface area contributed by atoms with E-state index in [9.17, 15) is 26.7 Å². The largest absolute Gasteiger partial charge is 0.493 e. The summed E-state index contributed by atoms with van der Waals surface area (Å²) in [6.45, 7) is 0.178. The first-order chi connectivity index (χ1) is 15.5. The van der Waals surface area contributed by atoms with Crippen LogP contribution in [0.3, 0.4) is 0 Å². The fraction of sp³-hybridized carbons (Fsp3) is 0.429. The number of aliphatic hydroxyl groups is 1. The Kier molecular flexibility index (Phi) is 7.29. The summed E-state index contributed by atoms with van der Waals surface area (Å²) in [5, 5.41) is 9.38. The molecule has 1 aliphatic heterocycles. The van der Waals surface area contributed by atoms with E-state index in [4.69, 9.17) is 14.2 Å². The number of halogens is 3. The summed E-state index contributed by atoms with van der Waals surface area (Å²) in [7, 11) is 0.342.